The quantitative estimate of drug-likeness (QED) is 0.905. The number of halogens is 1. The zero-order valence-corrected chi connectivity index (χ0v) is 11.9. The smallest absolute Gasteiger partial charge is 0.223 e. The maximum absolute atomic E-state index is 11.5. The minimum atomic E-state index is 0.0992. The first kappa shape index (κ1) is 13.0. The minimum absolute atomic E-state index is 0.0992. The van der Waals surface area contributed by atoms with Gasteiger partial charge in [0, 0.05) is 35.6 Å². The molecule has 1 heterocycles. The molecular weight excluding hydrogens is 272 g/mol. The van der Waals surface area contributed by atoms with Gasteiger partial charge in [0.1, 0.15) is 0 Å². The summed E-state index contributed by atoms with van der Waals surface area (Å²) in [4.78, 5) is 13.3. The average Bonchev–Trinajstić information content (AvgIpc) is 2.84. The second-order valence-corrected chi connectivity index (χ2v) is 5.33. The largest absolute Gasteiger partial charge is 0.356 e. The second-order valence-electron chi connectivity index (χ2n) is 4.90. The third-order valence-corrected chi connectivity index (χ3v) is 3.74. The molecule has 3 nitrogen and oxygen atoms in total. The molecule has 20 heavy (non-hydrogen) atoms. The van der Waals surface area contributed by atoms with E-state index in [1.165, 1.54) is 5.56 Å². The van der Waals surface area contributed by atoms with Gasteiger partial charge in [-0.3, -0.25) is 4.79 Å². The number of nitrogens with zero attached hydrogens (tertiary/aromatic N) is 1. The predicted molar refractivity (Wildman–Crippen MR) is 82.9 cm³/mol. The fraction of sp³-hybridized carbons (Fsp3) is 0.188. The van der Waals surface area contributed by atoms with Crippen molar-refractivity contribution in [2.75, 3.05) is 16.8 Å². The molecule has 1 N–H and O–H groups in total. The lowest BCUT2D eigenvalue weighted by molar-refractivity contribution is -0.116. The van der Waals surface area contributed by atoms with E-state index in [4.69, 9.17) is 11.6 Å². The molecule has 3 rings (SSSR count). The maximum atomic E-state index is 11.5. The monoisotopic (exact) mass is 286 g/mol. The van der Waals surface area contributed by atoms with Crippen molar-refractivity contribution in [3.63, 3.8) is 0 Å². The normalized spacial score (nSPS) is 13.2. The molecule has 0 aromatic heterocycles. The zero-order chi connectivity index (χ0) is 14.1. The van der Waals surface area contributed by atoms with Crippen LogP contribution in [0.4, 0.5) is 17.1 Å². The van der Waals surface area contributed by atoms with Gasteiger partial charge in [-0.25, -0.2) is 0 Å². The Bertz CT molecular complexity index is 652. The molecule has 4 heteroatoms. The van der Waals surface area contributed by atoms with Gasteiger partial charge in [-0.1, -0.05) is 11.6 Å². The Morgan fingerprint density at radius 3 is 2.55 bits per heavy atom. The number of carbonyl (C=O) groups excluding carboxylic acids is 1. The first-order valence-corrected chi connectivity index (χ1v) is 6.95. The van der Waals surface area contributed by atoms with Crippen molar-refractivity contribution in [1.82, 2.24) is 0 Å². The number of fused-ring (bicyclic) bond motifs is 1. The molecule has 0 saturated carbocycles. The van der Waals surface area contributed by atoms with Gasteiger partial charge in [0.05, 0.1) is 0 Å². The lowest BCUT2D eigenvalue weighted by Crippen LogP contribution is -2.25. The molecule has 0 fully saturated rings. The summed E-state index contributed by atoms with van der Waals surface area (Å²) in [5.74, 6) is 0.0992. The SMILES string of the molecule is CC(=O)N1CCc2cc(Nc3ccc(Cl)cc3)ccc21. The van der Waals surface area contributed by atoms with Crippen LogP contribution >= 0.6 is 11.6 Å². The maximum Gasteiger partial charge on any atom is 0.223 e. The first-order valence-electron chi connectivity index (χ1n) is 6.57. The van der Waals surface area contributed by atoms with E-state index >= 15 is 0 Å². The molecule has 2 aromatic carbocycles. The number of benzene rings is 2. The van der Waals surface area contributed by atoms with E-state index in [1.54, 1.807) is 6.92 Å². The van der Waals surface area contributed by atoms with Gasteiger partial charge in [0.2, 0.25) is 5.91 Å². The Hall–Kier alpha value is -2.00. The number of hydrogen-bond donors (Lipinski definition) is 1. The van der Waals surface area contributed by atoms with E-state index in [0.29, 0.717) is 0 Å². The van der Waals surface area contributed by atoms with Crippen molar-refractivity contribution in [2.45, 2.75) is 13.3 Å². The van der Waals surface area contributed by atoms with Crippen molar-refractivity contribution < 1.29 is 4.79 Å². The highest BCUT2D eigenvalue weighted by Gasteiger charge is 2.21. The summed E-state index contributed by atoms with van der Waals surface area (Å²) in [6.07, 6.45) is 0.908. The van der Waals surface area contributed by atoms with Crippen LogP contribution in [-0.4, -0.2) is 12.5 Å². The molecule has 1 amide bonds. The lowest BCUT2D eigenvalue weighted by atomic mass is 10.1. The first-order chi connectivity index (χ1) is 9.63. The highest BCUT2D eigenvalue weighted by Crippen LogP contribution is 2.31. The molecular formula is C16H15ClN2O. The van der Waals surface area contributed by atoms with Crippen LogP contribution in [0.5, 0.6) is 0 Å². The summed E-state index contributed by atoms with van der Waals surface area (Å²) < 4.78 is 0. The van der Waals surface area contributed by atoms with E-state index in [0.717, 1.165) is 35.1 Å². The Morgan fingerprint density at radius 1 is 1.15 bits per heavy atom. The summed E-state index contributed by atoms with van der Waals surface area (Å²) in [7, 11) is 0. The molecule has 2 aromatic rings. The Morgan fingerprint density at radius 2 is 1.85 bits per heavy atom. The molecule has 0 saturated heterocycles. The molecule has 102 valence electrons. The van der Waals surface area contributed by atoms with Crippen LogP contribution in [0.25, 0.3) is 0 Å². The average molecular weight is 287 g/mol. The molecule has 0 unspecified atom stereocenters. The van der Waals surface area contributed by atoms with Gasteiger partial charge in [0.25, 0.3) is 0 Å². The lowest BCUT2D eigenvalue weighted by Gasteiger charge is -2.15. The molecule has 0 aliphatic carbocycles. The van der Waals surface area contributed by atoms with Crippen molar-refractivity contribution in [3.05, 3.63) is 53.1 Å². The van der Waals surface area contributed by atoms with Gasteiger partial charge < -0.3 is 10.2 Å². The zero-order valence-electron chi connectivity index (χ0n) is 11.2. The molecule has 0 radical (unpaired) electrons. The number of nitrogens with one attached hydrogen (secondary N) is 1. The summed E-state index contributed by atoms with van der Waals surface area (Å²) in [6, 6.07) is 13.7. The number of carbonyl (C=O) groups is 1. The molecule has 1 aliphatic rings. The fourth-order valence-corrected chi connectivity index (χ4v) is 2.63. The number of anilines is 3. The van der Waals surface area contributed by atoms with E-state index in [9.17, 15) is 4.79 Å². The minimum Gasteiger partial charge on any atom is -0.356 e. The highest BCUT2D eigenvalue weighted by atomic mass is 35.5. The van der Waals surface area contributed by atoms with E-state index in [-0.39, 0.29) is 5.91 Å². The molecule has 0 bridgehead atoms. The van der Waals surface area contributed by atoms with Crippen LogP contribution in [0.2, 0.25) is 5.02 Å². The third-order valence-electron chi connectivity index (χ3n) is 3.49. The molecule has 0 atom stereocenters. The Kier molecular flexibility index (Phi) is 3.36. The van der Waals surface area contributed by atoms with Crippen LogP contribution in [0.1, 0.15) is 12.5 Å². The second kappa shape index (κ2) is 5.17. The van der Waals surface area contributed by atoms with Gasteiger partial charge in [-0.2, -0.15) is 0 Å². The summed E-state index contributed by atoms with van der Waals surface area (Å²) in [6.45, 7) is 2.38. The highest BCUT2D eigenvalue weighted by molar-refractivity contribution is 6.30. The molecule has 1 aliphatic heterocycles. The predicted octanol–water partition coefficient (Wildman–Crippen LogP) is 3.99. The number of amides is 1. The van der Waals surface area contributed by atoms with Crippen LogP contribution in [0, 0.1) is 0 Å². The van der Waals surface area contributed by atoms with Crippen molar-refractivity contribution >= 4 is 34.6 Å². The number of rotatable bonds is 2. The van der Waals surface area contributed by atoms with E-state index in [2.05, 4.69) is 11.4 Å². The standard InChI is InChI=1S/C16H15ClN2O/c1-11(20)19-9-8-12-10-15(6-7-16(12)19)18-14-4-2-13(17)3-5-14/h2-7,10,18H,8-9H2,1H3. The van der Waals surface area contributed by atoms with E-state index < -0.39 is 0 Å². The van der Waals surface area contributed by atoms with Gasteiger partial charge >= 0.3 is 0 Å². The van der Waals surface area contributed by atoms with Gasteiger partial charge in [-0.15, -0.1) is 0 Å². The van der Waals surface area contributed by atoms with E-state index in [1.807, 2.05) is 41.3 Å². The van der Waals surface area contributed by atoms with Crippen molar-refractivity contribution in [2.24, 2.45) is 0 Å². The number of hydrogen-bond acceptors (Lipinski definition) is 2. The van der Waals surface area contributed by atoms with Crippen LogP contribution in [0.3, 0.4) is 0 Å². The van der Waals surface area contributed by atoms with Crippen LogP contribution in [0.15, 0.2) is 42.5 Å². The summed E-state index contributed by atoms with van der Waals surface area (Å²) in [5.41, 5.74) is 4.26. The topological polar surface area (TPSA) is 32.3 Å². The van der Waals surface area contributed by atoms with Gasteiger partial charge in [-0.05, 0) is 54.4 Å². The molecule has 0 spiro atoms. The van der Waals surface area contributed by atoms with Crippen LogP contribution in [-0.2, 0) is 11.2 Å². The fourth-order valence-electron chi connectivity index (χ4n) is 2.51. The van der Waals surface area contributed by atoms with Crippen molar-refractivity contribution in [1.29, 1.82) is 0 Å². The summed E-state index contributed by atoms with van der Waals surface area (Å²) in [5, 5.41) is 4.07. The Labute approximate surface area is 123 Å². The van der Waals surface area contributed by atoms with Crippen molar-refractivity contribution in [3.8, 4) is 0 Å². The third kappa shape index (κ3) is 2.49. The van der Waals surface area contributed by atoms with Gasteiger partial charge in [0.15, 0.2) is 0 Å². The summed E-state index contributed by atoms with van der Waals surface area (Å²) >= 11 is 5.87. The Balaban J connectivity index is 1.83. The van der Waals surface area contributed by atoms with Crippen LogP contribution < -0.4 is 10.2 Å².